The fourth-order valence-corrected chi connectivity index (χ4v) is 3.21. The van der Waals surface area contributed by atoms with Crippen LogP contribution in [0.1, 0.15) is 0 Å². The average molecular weight is 340 g/mol. The third-order valence-electron chi connectivity index (χ3n) is 3.37. The van der Waals surface area contributed by atoms with Crippen molar-refractivity contribution in [3.05, 3.63) is 30.5 Å². The van der Waals surface area contributed by atoms with Gasteiger partial charge in [-0.15, -0.1) is 0 Å². The molecule has 0 bridgehead atoms. The number of hydrogen-bond donors (Lipinski definition) is 0. The normalized spacial score (nSPS) is 11.3. The molecule has 9 heteroatoms. The highest BCUT2D eigenvalue weighted by molar-refractivity contribution is 7.93. The van der Waals surface area contributed by atoms with Crippen molar-refractivity contribution in [2.24, 2.45) is 0 Å². The summed E-state index contributed by atoms with van der Waals surface area (Å²) in [5, 5.41) is 0.536. The van der Waals surface area contributed by atoms with Crippen LogP contribution in [-0.2, 0) is 24.3 Å². The Kier molecular flexibility index (Phi) is 4.60. The molecule has 0 atom stereocenters. The van der Waals surface area contributed by atoms with Crippen LogP contribution in [0.2, 0.25) is 0 Å². The lowest BCUT2D eigenvalue weighted by molar-refractivity contribution is -0.137. The number of hydrogen-bond acceptors (Lipinski definition) is 6. The van der Waals surface area contributed by atoms with E-state index in [2.05, 4.69) is 9.47 Å². The Morgan fingerprint density at radius 1 is 1.17 bits per heavy atom. The van der Waals surface area contributed by atoms with Gasteiger partial charge in [-0.2, -0.15) is 0 Å². The third-order valence-corrected chi connectivity index (χ3v) is 5.00. The van der Waals surface area contributed by atoms with Crippen LogP contribution >= 0.6 is 0 Å². The van der Waals surface area contributed by atoms with Crippen molar-refractivity contribution in [3.63, 3.8) is 0 Å². The third kappa shape index (κ3) is 3.14. The van der Waals surface area contributed by atoms with Crippen LogP contribution in [0.5, 0.6) is 0 Å². The largest absolute Gasteiger partial charge is 0.468 e. The number of rotatable bonds is 4. The van der Waals surface area contributed by atoms with E-state index < -0.39 is 27.8 Å². The van der Waals surface area contributed by atoms with Gasteiger partial charge in [0.1, 0.15) is 0 Å². The molecule has 2 aromatic rings. The molecule has 8 nitrogen and oxygen atoms in total. The van der Waals surface area contributed by atoms with Gasteiger partial charge in [-0.3, -0.25) is 13.7 Å². The highest BCUT2D eigenvalue weighted by atomic mass is 32.2. The number of fused-ring (bicyclic) bond motifs is 1. The van der Waals surface area contributed by atoms with Gasteiger partial charge in [0, 0.05) is 18.6 Å². The number of nitrogens with zero attached hydrogens (tertiary/aromatic N) is 2. The van der Waals surface area contributed by atoms with Crippen molar-refractivity contribution in [1.82, 2.24) is 4.57 Å². The summed E-state index contributed by atoms with van der Waals surface area (Å²) in [7, 11) is -0.188. The zero-order chi connectivity index (χ0) is 17.2. The van der Waals surface area contributed by atoms with E-state index in [-0.39, 0.29) is 0 Å². The van der Waals surface area contributed by atoms with E-state index in [1.54, 1.807) is 24.3 Å². The fourth-order valence-electron chi connectivity index (χ4n) is 2.14. The van der Waals surface area contributed by atoms with Crippen LogP contribution < -0.4 is 4.31 Å². The molecule has 1 aromatic carbocycles. The first-order valence-electron chi connectivity index (χ1n) is 6.53. The fraction of sp³-hybridized carbons (Fsp3) is 0.286. The molecule has 0 saturated heterocycles. The monoisotopic (exact) mass is 340 g/mol. The second kappa shape index (κ2) is 6.29. The number of benzene rings is 1. The Morgan fingerprint density at radius 2 is 1.87 bits per heavy atom. The molecule has 1 heterocycles. The second-order valence-electron chi connectivity index (χ2n) is 4.67. The summed E-state index contributed by atoms with van der Waals surface area (Å²) >= 11 is 0. The Balaban J connectivity index is 2.50. The van der Waals surface area contributed by atoms with Crippen molar-refractivity contribution < 1.29 is 27.5 Å². The molecular weight excluding hydrogens is 324 g/mol. The van der Waals surface area contributed by atoms with E-state index in [0.29, 0.717) is 16.6 Å². The summed E-state index contributed by atoms with van der Waals surface area (Å²) in [4.78, 5) is 23.0. The van der Waals surface area contributed by atoms with Gasteiger partial charge >= 0.3 is 12.1 Å². The van der Waals surface area contributed by atoms with Crippen molar-refractivity contribution in [1.29, 1.82) is 0 Å². The molecule has 23 heavy (non-hydrogen) atoms. The molecule has 2 rings (SSSR count). The Hall–Kier alpha value is -2.55. The molecule has 124 valence electrons. The van der Waals surface area contributed by atoms with Gasteiger partial charge in [-0.1, -0.05) is 6.07 Å². The van der Waals surface area contributed by atoms with Gasteiger partial charge in [-0.25, -0.2) is 13.2 Å². The lowest BCUT2D eigenvalue weighted by Crippen LogP contribution is -2.32. The van der Waals surface area contributed by atoms with Gasteiger partial charge in [0.2, 0.25) is 10.0 Å². The quantitative estimate of drug-likeness (QED) is 0.776. The van der Waals surface area contributed by atoms with E-state index in [9.17, 15) is 18.0 Å². The first kappa shape index (κ1) is 16.8. The maximum absolute atomic E-state index is 12.3. The van der Waals surface area contributed by atoms with Crippen LogP contribution in [-0.4, -0.2) is 52.1 Å². The minimum atomic E-state index is -3.90. The molecular formula is C14H16N2O6S. The van der Waals surface area contributed by atoms with E-state index in [4.69, 9.17) is 0 Å². The van der Waals surface area contributed by atoms with Crippen LogP contribution in [0.4, 0.5) is 10.5 Å². The van der Waals surface area contributed by atoms with Gasteiger partial charge in [-0.05, 0) is 18.2 Å². The van der Waals surface area contributed by atoms with Crippen LogP contribution in [0.25, 0.3) is 10.9 Å². The summed E-state index contributed by atoms with van der Waals surface area (Å²) in [6.07, 6.45) is 0.901. The van der Waals surface area contributed by atoms with Crippen LogP contribution in [0.3, 0.4) is 0 Å². The number of ether oxygens (including phenoxy) is 2. The number of carbonyl (C=O) groups excluding carboxylic acids is 2. The molecule has 0 aliphatic rings. The molecule has 0 aliphatic carbocycles. The predicted molar refractivity (Wildman–Crippen MR) is 83.9 cm³/mol. The molecule has 0 radical (unpaired) electrons. The predicted octanol–water partition coefficient (Wildman–Crippen LogP) is 1.19. The molecule has 0 spiro atoms. The van der Waals surface area contributed by atoms with E-state index in [1.807, 2.05) is 0 Å². The Labute approximate surface area is 133 Å². The van der Waals surface area contributed by atoms with Crippen molar-refractivity contribution in [2.75, 3.05) is 31.3 Å². The molecule has 0 unspecified atom stereocenters. The Bertz CT molecular complexity index is 855. The molecule has 0 N–H and O–H groups in total. The van der Waals surface area contributed by atoms with E-state index >= 15 is 0 Å². The van der Waals surface area contributed by atoms with Crippen molar-refractivity contribution in [3.8, 4) is 0 Å². The number of aromatic nitrogens is 1. The SMILES string of the molecule is COC(=O)CS(=O)(=O)N(C)c1cccc2c1ccn2C(=O)OC. The molecule has 0 aliphatic heterocycles. The van der Waals surface area contributed by atoms with E-state index in [0.717, 1.165) is 11.4 Å². The number of carbonyl (C=O) groups is 2. The summed E-state index contributed by atoms with van der Waals surface area (Å²) in [5.41, 5.74) is 0.837. The summed E-state index contributed by atoms with van der Waals surface area (Å²) in [5.74, 6) is -1.62. The summed E-state index contributed by atoms with van der Waals surface area (Å²) in [6, 6.07) is 6.46. The molecule has 0 amide bonds. The molecule has 1 aromatic heterocycles. The lowest BCUT2D eigenvalue weighted by atomic mass is 10.2. The highest BCUT2D eigenvalue weighted by Gasteiger charge is 2.25. The molecule has 0 fully saturated rings. The standard InChI is InChI=1S/C14H16N2O6S/c1-15(23(19,20)9-13(17)21-2)11-5-4-6-12-10(11)7-8-16(12)14(18)22-3/h4-8H,9H2,1-3H3. The minimum absolute atomic E-state index is 0.342. The topological polar surface area (TPSA) is 94.9 Å². The lowest BCUT2D eigenvalue weighted by Gasteiger charge is -2.19. The zero-order valence-electron chi connectivity index (χ0n) is 12.8. The van der Waals surface area contributed by atoms with Gasteiger partial charge in [0.05, 0.1) is 25.4 Å². The maximum atomic E-state index is 12.3. The second-order valence-corrected chi connectivity index (χ2v) is 6.67. The Morgan fingerprint density at radius 3 is 2.48 bits per heavy atom. The summed E-state index contributed by atoms with van der Waals surface area (Å²) in [6.45, 7) is 0. The van der Waals surface area contributed by atoms with Gasteiger partial charge in [0.15, 0.2) is 5.75 Å². The van der Waals surface area contributed by atoms with E-state index in [1.165, 1.54) is 24.9 Å². The van der Waals surface area contributed by atoms with Crippen LogP contribution in [0, 0.1) is 0 Å². The van der Waals surface area contributed by atoms with Gasteiger partial charge in [0.25, 0.3) is 0 Å². The van der Waals surface area contributed by atoms with Crippen molar-refractivity contribution >= 4 is 38.7 Å². The highest BCUT2D eigenvalue weighted by Crippen LogP contribution is 2.29. The number of methoxy groups -OCH3 is 2. The smallest absolute Gasteiger partial charge is 0.418 e. The molecule has 0 saturated carbocycles. The number of esters is 1. The zero-order valence-corrected chi connectivity index (χ0v) is 13.7. The summed E-state index contributed by atoms with van der Waals surface area (Å²) < 4.78 is 35.9. The van der Waals surface area contributed by atoms with Crippen LogP contribution in [0.15, 0.2) is 30.5 Å². The number of sulfonamides is 1. The van der Waals surface area contributed by atoms with Gasteiger partial charge < -0.3 is 9.47 Å². The number of anilines is 1. The maximum Gasteiger partial charge on any atom is 0.418 e. The first-order valence-corrected chi connectivity index (χ1v) is 8.14. The minimum Gasteiger partial charge on any atom is -0.468 e. The average Bonchev–Trinajstić information content (AvgIpc) is 2.96. The first-order chi connectivity index (χ1) is 10.8. The van der Waals surface area contributed by atoms with Crippen molar-refractivity contribution in [2.45, 2.75) is 0 Å².